The summed E-state index contributed by atoms with van der Waals surface area (Å²) < 4.78 is 10.9. The van der Waals surface area contributed by atoms with E-state index in [0.717, 1.165) is 17.9 Å². The maximum atomic E-state index is 9.92. The molecule has 1 aromatic rings. The van der Waals surface area contributed by atoms with Crippen molar-refractivity contribution in [1.29, 1.82) is 0 Å². The van der Waals surface area contributed by atoms with E-state index < -0.39 is 6.10 Å². The van der Waals surface area contributed by atoms with Crippen LogP contribution in [0.4, 0.5) is 0 Å². The van der Waals surface area contributed by atoms with Crippen molar-refractivity contribution in [2.24, 2.45) is 5.92 Å². The zero-order chi connectivity index (χ0) is 14.4. The number of hydrogen-bond donors (Lipinski definition) is 2. The Bertz CT molecular complexity index is 394. The van der Waals surface area contributed by atoms with E-state index in [1.54, 1.807) is 0 Å². The summed E-state index contributed by atoms with van der Waals surface area (Å²) in [5.41, 5.74) is 0.872. The van der Waals surface area contributed by atoms with Gasteiger partial charge in [-0.3, -0.25) is 0 Å². The molecular weight excluding hydrogens is 256 g/mol. The first-order valence-electron chi connectivity index (χ1n) is 7.57. The minimum Gasteiger partial charge on any atom is -0.389 e. The number of nitrogens with zero attached hydrogens (tertiary/aromatic N) is 1. The molecular formula is C15H26N2O3. The van der Waals surface area contributed by atoms with Crippen molar-refractivity contribution in [3.05, 3.63) is 17.5 Å². The van der Waals surface area contributed by atoms with Gasteiger partial charge in [0.05, 0.1) is 31.1 Å². The highest BCUT2D eigenvalue weighted by atomic mass is 16.5. The van der Waals surface area contributed by atoms with E-state index in [2.05, 4.69) is 17.4 Å². The summed E-state index contributed by atoms with van der Waals surface area (Å²) in [5.74, 6) is 1.40. The first-order chi connectivity index (χ1) is 9.65. The van der Waals surface area contributed by atoms with E-state index in [4.69, 9.17) is 9.26 Å². The predicted octanol–water partition coefficient (Wildman–Crippen LogP) is 2.03. The molecule has 2 N–H and O–H groups in total. The molecule has 0 radical (unpaired) electrons. The molecule has 1 aromatic heterocycles. The summed E-state index contributed by atoms with van der Waals surface area (Å²) in [5, 5.41) is 16.9. The quantitative estimate of drug-likeness (QED) is 0.801. The van der Waals surface area contributed by atoms with Crippen molar-refractivity contribution in [2.75, 3.05) is 13.2 Å². The van der Waals surface area contributed by atoms with Crippen molar-refractivity contribution in [2.45, 2.75) is 58.3 Å². The second kappa shape index (κ2) is 7.76. The van der Waals surface area contributed by atoms with E-state index >= 15 is 0 Å². The van der Waals surface area contributed by atoms with Crippen LogP contribution in [0.15, 0.2) is 10.6 Å². The van der Waals surface area contributed by atoms with Crippen LogP contribution in [0.25, 0.3) is 0 Å². The Labute approximate surface area is 120 Å². The van der Waals surface area contributed by atoms with E-state index in [0.29, 0.717) is 31.7 Å². The van der Waals surface area contributed by atoms with Crippen LogP contribution in [0.1, 0.15) is 44.1 Å². The molecule has 3 atom stereocenters. The van der Waals surface area contributed by atoms with Crippen molar-refractivity contribution < 1.29 is 14.4 Å². The van der Waals surface area contributed by atoms with E-state index in [1.165, 1.54) is 19.3 Å². The first-order valence-corrected chi connectivity index (χ1v) is 7.57. The van der Waals surface area contributed by atoms with Gasteiger partial charge in [0, 0.05) is 12.6 Å². The Balaban J connectivity index is 1.59. The molecule has 0 amide bonds. The van der Waals surface area contributed by atoms with Crippen LogP contribution in [0.5, 0.6) is 0 Å². The number of aromatic nitrogens is 1. The third kappa shape index (κ3) is 4.89. The van der Waals surface area contributed by atoms with Crippen molar-refractivity contribution in [3.8, 4) is 0 Å². The van der Waals surface area contributed by atoms with Gasteiger partial charge >= 0.3 is 0 Å². The van der Waals surface area contributed by atoms with Crippen LogP contribution in [0.2, 0.25) is 0 Å². The Morgan fingerprint density at radius 1 is 1.50 bits per heavy atom. The lowest BCUT2D eigenvalue weighted by Crippen LogP contribution is -2.34. The van der Waals surface area contributed by atoms with Gasteiger partial charge in [-0.25, -0.2) is 0 Å². The molecule has 5 heteroatoms. The molecule has 0 aliphatic heterocycles. The van der Waals surface area contributed by atoms with E-state index in [1.807, 2.05) is 13.0 Å². The summed E-state index contributed by atoms with van der Waals surface area (Å²) >= 11 is 0. The van der Waals surface area contributed by atoms with Gasteiger partial charge in [-0.05, 0) is 25.7 Å². The van der Waals surface area contributed by atoms with Gasteiger partial charge in [-0.15, -0.1) is 0 Å². The molecule has 1 heterocycles. The summed E-state index contributed by atoms with van der Waals surface area (Å²) in [7, 11) is 0. The highest BCUT2D eigenvalue weighted by Crippen LogP contribution is 2.26. The Morgan fingerprint density at radius 2 is 2.30 bits per heavy atom. The number of aliphatic hydroxyl groups excluding tert-OH is 1. The van der Waals surface area contributed by atoms with Gasteiger partial charge in [0.15, 0.2) is 5.76 Å². The lowest BCUT2D eigenvalue weighted by Gasteiger charge is -2.29. The van der Waals surface area contributed by atoms with Gasteiger partial charge in [0.2, 0.25) is 0 Å². The zero-order valence-corrected chi connectivity index (χ0v) is 12.5. The SMILES string of the molecule is Cc1cc(CNCC(O)COC2CCCCC2C)on1. The minimum absolute atomic E-state index is 0.315. The maximum absolute atomic E-state index is 9.92. The lowest BCUT2D eigenvalue weighted by atomic mass is 9.88. The summed E-state index contributed by atoms with van der Waals surface area (Å²) in [6.07, 6.45) is 4.75. The molecule has 0 aromatic carbocycles. The molecule has 0 saturated heterocycles. The van der Waals surface area contributed by atoms with Crippen LogP contribution in [0, 0.1) is 12.8 Å². The molecule has 5 nitrogen and oxygen atoms in total. The van der Waals surface area contributed by atoms with Crippen LogP contribution < -0.4 is 5.32 Å². The molecule has 1 aliphatic rings. The fourth-order valence-electron chi connectivity index (χ4n) is 2.69. The van der Waals surface area contributed by atoms with Crippen molar-refractivity contribution in [1.82, 2.24) is 10.5 Å². The largest absolute Gasteiger partial charge is 0.389 e. The molecule has 0 spiro atoms. The van der Waals surface area contributed by atoms with Gasteiger partial charge in [0.1, 0.15) is 0 Å². The number of nitrogens with one attached hydrogen (secondary N) is 1. The van der Waals surface area contributed by atoms with E-state index in [-0.39, 0.29) is 0 Å². The third-order valence-corrected chi connectivity index (χ3v) is 3.89. The summed E-state index contributed by atoms with van der Waals surface area (Å²) in [6, 6.07) is 1.89. The zero-order valence-electron chi connectivity index (χ0n) is 12.5. The second-order valence-electron chi connectivity index (χ2n) is 5.85. The normalized spacial score (nSPS) is 24.8. The highest BCUT2D eigenvalue weighted by molar-refractivity contribution is 5.02. The molecule has 20 heavy (non-hydrogen) atoms. The van der Waals surface area contributed by atoms with Crippen molar-refractivity contribution in [3.63, 3.8) is 0 Å². The average molecular weight is 282 g/mol. The van der Waals surface area contributed by atoms with Crippen LogP contribution in [-0.2, 0) is 11.3 Å². The minimum atomic E-state index is -0.479. The first kappa shape index (κ1) is 15.5. The van der Waals surface area contributed by atoms with Gasteiger partial charge in [0.25, 0.3) is 0 Å². The number of aliphatic hydroxyl groups is 1. The monoisotopic (exact) mass is 282 g/mol. The van der Waals surface area contributed by atoms with Gasteiger partial charge in [-0.2, -0.15) is 0 Å². The lowest BCUT2D eigenvalue weighted by molar-refractivity contribution is -0.0452. The molecule has 1 aliphatic carbocycles. The van der Waals surface area contributed by atoms with Crippen LogP contribution in [-0.4, -0.2) is 35.6 Å². The number of ether oxygens (including phenoxy) is 1. The fraction of sp³-hybridized carbons (Fsp3) is 0.800. The van der Waals surface area contributed by atoms with Crippen molar-refractivity contribution >= 4 is 0 Å². The molecule has 1 saturated carbocycles. The van der Waals surface area contributed by atoms with Gasteiger partial charge in [-0.1, -0.05) is 24.9 Å². The molecule has 3 unspecified atom stereocenters. The fourth-order valence-corrected chi connectivity index (χ4v) is 2.69. The van der Waals surface area contributed by atoms with Crippen LogP contribution >= 0.6 is 0 Å². The Hall–Kier alpha value is -0.910. The topological polar surface area (TPSA) is 67.5 Å². The average Bonchev–Trinajstić information content (AvgIpc) is 2.83. The highest BCUT2D eigenvalue weighted by Gasteiger charge is 2.22. The molecule has 0 bridgehead atoms. The summed E-state index contributed by atoms with van der Waals surface area (Å²) in [6.45, 7) is 5.61. The molecule has 114 valence electrons. The molecule has 1 fully saturated rings. The van der Waals surface area contributed by atoms with E-state index in [9.17, 15) is 5.11 Å². The van der Waals surface area contributed by atoms with Gasteiger partial charge < -0.3 is 19.7 Å². The smallest absolute Gasteiger partial charge is 0.150 e. The van der Waals surface area contributed by atoms with Crippen LogP contribution in [0.3, 0.4) is 0 Å². The standard InChI is InChI=1S/C15H26N2O3/c1-11-5-3-4-6-15(11)19-10-13(18)8-16-9-14-7-12(2)17-20-14/h7,11,13,15-16,18H,3-6,8-10H2,1-2H3. The number of rotatable bonds is 7. The number of hydrogen-bond acceptors (Lipinski definition) is 5. The second-order valence-corrected chi connectivity index (χ2v) is 5.85. The maximum Gasteiger partial charge on any atom is 0.150 e. The Kier molecular flexibility index (Phi) is 6.01. The number of aryl methyl sites for hydroxylation is 1. The Morgan fingerprint density at radius 3 is 3.00 bits per heavy atom. The third-order valence-electron chi connectivity index (χ3n) is 3.89. The molecule has 2 rings (SSSR count). The summed E-state index contributed by atoms with van der Waals surface area (Å²) in [4.78, 5) is 0. The predicted molar refractivity (Wildman–Crippen MR) is 76.3 cm³/mol.